The Hall–Kier alpha value is -4.84. The zero-order valence-corrected chi connectivity index (χ0v) is 30.4. The van der Waals surface area contributed by atoms with Gasteiger partial charge < -0.3 is 35.1 Å². The number of nitrogens with two attached hydrogens (primary N) is 1. The van der Waals surface area contributed by atoms with Gasteiger partial charge in [-0.1, -0.05) is 72.8 Å². The standard InChI is InChI=1S/C21H24N2O3.C11H16N2O2.C10H10O2/c1-14(16-7-8-20(22-12-16)26-17-9-10-25-13-17)23-21(24)19-11-18(19)15-5-3-2-4-6-15;1-8(12)9-2-3-11(13-6-9)15-10-4-5-14-7-10;11-10(12)9-6-8(9)7-4-2-1-3-5-7/h2-8,12,14,17-19H,9-11,13H2,1H3,(H,23,24);2-3,6,8,10H,4-5,7,12H2,1H3;1-5,8-9H,6H2,(H,11,12)/t14-,17-,18+,19-;8-,10-;8-,9+/m001/s1. The smallest absolute Gasteiger partial charge is 0.307 e. The van der Waals surface area contributed by atoms with Crippen LogP contribution in [0.2, 0.25) is 0 Å². The number of ether oxygens (including phenoxy) is 4. The SMILES string of the molecule is C[C@H](N)c1ccc(O[C@H]2CCOC2)nc1.C[C@H](NC(=O)[C@H]1C[C@@H]1c1ccccc1)c1ccc(O[C@H]2CCOC2)nc1.O=C(O)[C@H]1C[C@@H]1c1ccccc1. The number of aromatic nitrogens is 2. The minimum Gasteiger partial charge on any atom is -0.481 e. The summed E-state index contributed by atoms with van der Waals surface area (Å²) in [6.45, 7) is 6.73. The number of aliphatic carboxylic acids is 1. The van der Waals surface area contributed by atoms with Crippen LogP contribution in [0.1, 0.15) is 85.7 Å². The zero-order chi connectivity index (χ0) is 37.2. The number of carboxylic acid groups (broad SMARTS) is 1. The normalized spacial score (nSPS) is 25.0. The van der Waals surface area contributed by atoms with Crippen molar-refractivity contribution in [2.24, 2.45) is 17.6 Å². The van der Waals surface area contributed by atoms with Crippen LogP contribution < -0.4 is 20.5 Å². The zero-order valence-electron chi connectivity index (χ0n) is 30.4. The lowest BCUT2D eigenvalue weighted by atomic mass is 10.1. The minimum atomic E-state index is -0.663. The van der Waals surface area contributed by atoms with Gasteiger partial charge in [-0.05, 0) is 60.8 Å². The highest BCUT2D eigenvalue weighted by atomic mass is 16.6. The van der Waals surface area contributed by atoms with E-state index >= 15 is 0 Å². The van der Waals surface area contributed by atoms with Crippen LogP contribution in [0.25, 0.3) is 0 Å². The van der Waals surface area contributed by atoms with Crippen molar-refractivity contribution in [1.29, 1.82) is 0 Å². The summed E-state index contributed by atoms with van der Waals surface area (Å²) in [7, 11) is 0. The van der Waals surface area contributed by atoms with Gasteiger partial charge in [0.15, 0.2) is 0 Å². The van der Waals surface area contributed by atoms with Gasteiger partial charge in [-0.2, -0.15) is 0 Å². The van der Waals surface area contributed by atoms with Crippen LogP contribution in [0.5, 0.6) is 11.8 Å². The number of hydrogen-bond donors (Lipinski definition) is 3. The molecule has 0 bridgehead atoms. The number of nitrogens with zero attached hydrogens (tertiary/aromatic N) is 2. The fourth-order valence-electron chi connectivity index (χ4n) is 6.50. The third kappa shape index (κ3) is 11.1. The summed E-state index contributed by atoms with van der Waals surface area (Å²) < 4.78 is 21.9. The van der Waals surface area contributed by atoms with Gasteiger partial charge in [-0.25, -0.2) is 9.97 Å². The second-order valence-corrected chi connectivity index (χ2v) is 14.1. The Kier molecular flexibility index (Phi) is 13.1. The molecule has 53 heavy (non-hydrogen) atoms. The monoisotopic (exact) mass is 722 g/mol. The van der Waals surface area contributed by atoms with Crippen molar-refractivity contribution in [2.75, 3.05) is 26.4 Å². The van der Waals surface area contributed by atoms with Crippen LogP contribution in [-0.2, 0) is 19.1 Å². The molecule has 8 rings (SSSR count). The third-order valence-electron chi connectivity index (χ3n) is 9.94. The molecule has 2 aromatic heterocycles. The van der Waals surface area contributed by atoms with Crippen molar-refractivity contribution in [3.8, 4) is 11.8 Å². The highest BCUT2D eigenvalue weighted by molar-refractivity contribution is 5.83. The van der Waals surface area contributed by atoms with Crippen LogP contribution in [-0.4, -0.2) is 65.6 Å². The molecule has 4 heterocycles. The van der Waals surface area contributed by atoms with Crippen molar-refractivity contribution in [3.63, 3.8) is 0 Å². The molecule has 4 fully saturated rings. The number of rotatable bonds is 11. The molecule has 4 N–H and O–H groups in total. The molecule has 8 atom stereocenters. The average molecular weight is 723 g/mol. The van der Waals surface area contributed by atoms with Crippen molar-refractivity contribution in [1.82, 2.24) is 15.3 Å². The molecule has 280 valence electrons. The number of carbonyl (C=O) groups is 2. The maximum Gasteiger partial charge on any atom is 0.307 e. The lowest BCUT2D eigenvalue weighted by Crippen LogP contribution is -2.28. The molecule has 2 saturated carbocycles. The van der Waals surface area contributed by atoms with E-state index in [-0.39, 0.29) is 48.0 Å². The Balaban J connectivity index is 0.000000150. The van der Waals surface area contributed by atoms with Crippen LogP contribution >= 0.6 is 0 Å². The van der Waals surface area contributed by atoms with Crippen LogP contribution in [0.15, 0.2) is 97.3 Å². The maximum atomic E-state index is 12.5. The van der Waals surface area contributed by atoms with E-state index in [0.29, 0.717) is 30.9 Å². The molecule has 2 aliphatic carbocycles. The first-order valence-electron chi connectivity index (χ1n) is 18.5. The van der Waals surface area contributed by atoms with Gasteiger partial charge in [-0.15, -0.1) is 0 Å². The number of benzene rings is 2. The highest BCUT2D eigenvalue weighted by Crippen LogP contribution is 2.48. The van der Waals surface area contributed by atoms with E-state index in [1.165, 1.54) is 5.56 Å². The first kappa shape index (κ1) is 37.9. The van der Waals surface area contributed by atoms with E-state index in [4.69, 9.17) is 29.8 Å². The van der Waals surface area contributed by atoms with Crippen LogP contribution in [0.3, 0.4) is 0 Å². The predicted molar refractivity (Wildman–Crippen MR) is 200 cm³/mol. The molecule has 2 saturated heterocycles. The molecule has 0 radical (unpaired) electrons. The molecule has 0 spiro atoms. The van der Waals surface area contributed by atoms with Gasteiger partial charge in [0, 0.05) is 49.3 Å². The molecule has 4 aromatic rings. The van der Waals surface area contributed by atoms with E-state index in [9.17, 15) is 9.59 Å². The lowest BCUT2D eigenvalue weighted by molar-refractivity contribution is -0.138. The fraction of sp³-hybridized carbons (Fsp3) is 0.429. The average Bonchev–Trinajstić information content (AvgIpc) is 4.05. The Bertz CT molecular complexity index is 1730. The molecule has 11 heteroatoms. The Morgan fingerprint density at radius 3 is 1.64 bits per heavy atom. The number of carboxylic acids is 1. The van der Waals surface area contributed by atoms with E-state index in [2.05, 4.69) is 27.4 Å². The number of pyridine rings is 2. The van der Waals surface area contributed by atoms with Gasteiger partial charge in [0.05, 0.1) is 38.4 Å². The highest BCUT2D eigenvalue weighted by Gasteiger charge is 2.44. The second-order valence-electron chi connectivity index (χ2n) is 14.1. The second kappa shape index (κ2) is 18.3. The van der Waals surface area contributed by atoms with Crippen molar-refractivity contribution in [3.05, 3.63) is 120 Å². The molecule has 0 unspecified atom stereocenters. The molecule has 4 aliphatic rings. The van der Waals surface area contributed by atoms with E-state index in [0.717, 1.165) is 55.6 Å². The Morgan fingerprint density at radius 2 is 1.23 bits per heavy atom. The number of amides is 1. The van der Waals surface area contributed by atoms with Gasteiger partial charge in [0.25, 0.3) is 0 Å². The van der Waals surface area contributed by atoms with E-state index < -0.39 is 5.97 Å². The summed E-state index contributed by atoms with van der Waals surface area (Å²) in [6.07, 6.45) is 7.36. The fourth-order valence-corrected chi connectivity index (χ4v) is 6.50. The quantitative estimate of drug-likeness (QED) is 0.159. The molecule has 2 aromatic carbocycles. The summed E-state index contributed by atoms with van der Waals surface area (Å²) in [5, 5.41) is 11.8. The first-order valence-corrected chi connectivity index (χ1v) is 18.5. The Labute approximate surface area is 311 Å². The van der Waals surface area contributed by atoms with Crippen molar-refractivity contribution >= 4 is 11.9 Å². The first-order chi connectivity index (χ1) is 25.7. The number of hydrogen-bond acceptors (Lipinski definition) is 9. The molecule has 2 aliphatic heterocycles. The summed E-state index contributed by atoms with van der Waals surface area (Å²) in [4.78, 5) is 31.6. The maximum absolute atomic E-state index is 12.5. The van der Waals surface area contributed by atoms with E-state index in [1.807, 2.05) is 86.6 Å². The number of nitrogens with one attached hydrogen (secondary N) is 1. The summed E-state index contributed by atoms with van der Waals surface area (Å²) >= 11 is 0. The topological polar surface area (TPSA) is 155 Å². The number of carbonyl (C=O) groups excluding carboxylic acids is 1. The van der Waals surface area contributed by atoms with Crippen molar-refractivity contribution < 1.29 is 33.6 Å². The van der Waals surface area contributed by atoms with Crippen LogP contribution in [0.4, 0.5) is 0 Å². The van der Waals surface area contributed by atoms with Gasteiger partial charge in [0.2, 0.25) is 17.7 Å². The van der Waals surface area contributed by atoms with Gasteiger partial charge >= 0.3 is 5.97 Å². The third-order valence-corrected chi connectivity index (χ3v) is 9.94. The summed E-state index contributed by atoms with van der Waals surface area (Å²) in [5.41, 5.74) is 10.1. The molecule has 1 amide bonds. The van der Waals surface area contributed by atoms with Crippen LogP contribution in [0, 0.1) is 11.8 Å². The minimum absolute atomic E-state index is 0.0152. The van der Waals surface area contributed by atoms with E-state index in [1.54, 1.807) is 12.4 Å². The Morgan fingerprint density at radius 1 is 0.736 bits per heavy atom. The van der Waals surface area contributed by atoms with Gasteiger partial charge in [-0.3, -0.25) is 9.59 Å². The predicted octanol–water partition coefficient (Wildman–Crippen LogP) is 6.37. The molecular formula is C42H50N4O7. The van der Waals surface area contributed by atoms with Gasteiger partial charge in [0.1, 0.15) is 12.2 Å². The summed E-state index contributed by atoms with van der Waals surface area (Å²) in [5.74, 6) is 1.28. The molecule has 11 nitrogen and oxygen atoms in total. The van der Waals surface area contributed by atoms with Crippen molar-refractivity contribution in [2.45, 2.75) is 75.7 Å². The summed E-state index contributed by atoms with van der Waals surface area (Å²) in [6, 6.07) is 27.7. The largest absolute Gasteiger partial charge is 0.481 e. The lowest BCUT2D eigenvalue weighted by Gasteiger charge is -2.15. The molecular weight excluding hydrogens is 672 g/mol.